The molecule has 5 nitrogen and oxygen atoms in total. The van der Waals surface area contributed by atoms with Gasteiger partial charge in [0.2, 0.25) is 0 Å². The molecule has 0 saturated carbocycles. The predicted octanol–water partition coefficient (Wildman–Crippen LogP) is 0.766. The molecular weight excluding hydrogens is 206 g/mol. The number of carbonyl (C=O) groups excluding carboxylic acids is 1. The molecule has 2 rings (SSSR count). The van der Waals surface area contributed by atoms with Gasteiger partial charge in [0.25, 0.3) is 0 Å². The molecule has 0 aliphatic carbocycles. The first-order valence-corrected chi connectivity index (χ1v) is 5.43. The number of nitrogens with one attached hydrogen (secondary N) is 2. The summed E-state index contributed by atoms with van der Waals surface area (Å²) in [4.78, 5) is 11.8. The van der Waals surface area contributed by atoms with Crippen LogP contribution in [0.15, 0.2) is 6.20 Å². The minimum atomic E-state index is -0.435. The zero-order valence-corrected chi connectivity index (χ0v) is 9.83. The predicted molar refractivity (Wildman–Crippen MR) is 58.8 cm³/mol. The van der Waals surface area contributed by atoms with Gasteiger partial charge in [0, 0.05) is 13.0 Å². The van der Waals surface area contributed by atoms with Crippen LogP contribution in [0, 0.1) is 0 Å². The van der Waals surface area contributed by atoms with Gasteiger partial charge in [-0.25, -0.2) is 0 Å². The molecule has 0 bridgehead atoms. The highest BCUT2D eigenvalue weighted by Crippen LogP contribution is 2.16. The molecule has 2 N–H and O–H groups in total. The minimum Gasteiger partial charge on any atom is -0.459 e. The van der Waals surface area contributed by atoms with Crippen LogP contribution < -0.4 is 5.32 Å². The number of hydrogen-bond acceptors (Lipinski definition) is 4. The molecule has 0 saturated heterocycles. The van der Waals surface area contributed by atoms with E-state index < -0.39 is 5.60 Å². The zero-order chi connectivity index (χ0) is 11.8. The van der Waals surface area contributed by atoms with Crippen LogP contribution in [-0.4, -0.2) is 27.8 Å². The highest BCUT2D eigenvalue weighted by Gasteiger charge is 2.29. The average molecular weight is 223 g/mol. The van der Waals surface area contributed by atoms with E-state index >= 15 is 0 Å². The molecule has 0 radical (unpaired) electrons. The van der Waals surface area contributed by atoms with E-state index in [1.54, 1.807) is 6.20 Å². The van der Waals surface area contributed by atoms with Crippen LogP contribution in [0.4, 0.5) is 0 Å². The van der Waals surface area contributed by atoms with Gasteiger partial charge >= 0.3 is 5.97 Å². The molecule has 0 aromatic carbocycles. The van der Waals surface area contributed by atoms with Crippen molar-refractivity contribution in [3.8, 4) is 0 Å². The molecule has 1 unspecified atom stereocenters. The van der Waals surface area contributed by atoms with Crippen LogP contribution in [0.2, 0.25) is 0 Å². The molecule has 0 fully saturated rings. The van der Waals surface area contributed by atoms with Gasteiger partial charge < -0.3 is 4.74 Å². The third kappa shape index (κ3) is 2.41. The summed E-state index contributed by atoms with van der Waals surface area (Å²) in [6.07, 6.45) is 2.41. The number of ether oxygens (including phenoxy) is 1. The van der Waals surface area contributed by atoms with E-state index in [4.69, 9.17) is 4.74 Å². The van der Waals surface area contributed by atoms with Crippen molar-refractivity contribution < 1.29 is 9.53 Å². The number of aromatic amines is 1. The summed E-state index contributed by atoms with van der Waals surface area (Å²) in [5.41, 5.74) is 1.71. The Bertz CT molecular complexity index is 392. The lowest BCUT2D eigenvalue weighted by molar-refractivity contribution is -0.157. The van der Waals surface area contributed by atoms with Crippen LogP contribution in [-0.2, 0) is 22.5 Å². The second kappa shape index (κ2) is 3.90. The second-order valence-corrected chi connectivity index (χ2v) is 5.04. The summed E-state index contributed by atoms with van der Waals surface area (Å²) in [5.74, 6) is -0.195. The van der Waals surface area contributed by atoms with E-state index in [1.165, 1.54) is 0 Å². The van der Waals surface area contributed by atoms with Gasteiger partial charge in [-0.3, -0.25) is 15.2 Å². The number of aromatic nitrogens is 2. The van der Waals surface area contributed by atoms with Gasteiger partial charge in [0.1, 0.15) is 11.6 Å². The van der Waals surface area contributed by atoms with E-state index in [2.05, 4.69) is 15.5 Å². The van der Waals surface area contributed by atoms with Crippen molar-refractivity contribution >= 4 is 5.97 Å². The molecule has 1 aromatic heterocycles. The van der Waals surface area contributed by atoms with Crippen LogP contribution >= 0.6 is 0 Å². The Labute approximate surface area is 94.6 Å². The standard InChI is InChI=1S/C11H17N3O2/c1-11(2,3)16-10(15)8-4-7-5-13-14-9(7)6-12-8/h5,8,12H,4,6H2,1-3H3,(H,13,14). The molecule has 0 spiro atoms. The largest absolute Gasteiger partial charge is 0.459 e. The Morgan fingerprint density at radius 1 is 1.56 bits per heavy atom. The summed E-state index contributed by atoms with van der Waals surface area (Å²) in [5, 5.41) is 9.99. The lowest BCUT2D eigenvalue weighted by Crippen LogP contribution is -2.44. The first-order valence-electron chi connectivity index (χ1n) is 5.43. The maximum atomic E-state index is 11.8. The summed E-state index contributed by atoms with van der Waals surface area (Å²) < 4.78 is 5.34. The summed E-state index contributed by atoms with van der Waals surface area (Å²) >= 11 is 0. The van der Waals surface area contributed by atoms with Crippen molar-refractivity contribution in [2.45, 2.75) is 45.4 Å². The van der Waals surface area contributed by atoms with E-state index in [0.29, 0.717) is 13.0 Å². The monoisotopic (exact) mass is 223 g/mol. The Balaban J connectivity index is 2.01. The van der Waals surface area contributed by atoms with Gasteiger partial charge in [-0.15, -0.1) is 0 Å². The fourth-order valence-electron chi connectivity index (χ4n) is 1.72. The minimum absolute atomic E-state index is 0.195. The highest BCUT2D eigenvalue weighted by molar-refractivity contribution is 5.77. The molecule has 0 amide bonds. The quantitative estimate of drug-likeness (QED) is 0.690. The molecule has 5 heteroatoms. The highest BCUT2D eigenvalue weighted by atomic mass is 16.6. The van der Waals surface area contributed by atoms with Crippen molar-refractivity contribution in [2.75, 3.05) is 0 Å². The molecule has 88 valence electrons. The number of rotatable bonds is 1. The average Bonchev–Trinajstić information content (AvgIpc) is 2.61. The topological polar surface area (TPSA) is 67.0 Å². The molecular formula is C11H17N3O2. The fraction of sp³-hybridized carbons (Fsp3) is 0.636. The molecule has 2 heterocycles. The number of esters is 1. The molecule has 1 atom stereocenters. The Kier molecular flexibility index (Phi) is 2.71. The maximum Gasteiger partial charge on any atom is 0.324 e. The summed E-state index contributed by atoms with van der Waals surface area (Å²) in [7, 11) is 0. The second-order valence-electron chi connectivity index (χ2n) is 5.04. The van der Waals surface area contributed by atoms with Crippen LogP contribution in [0.3, 0.4) is 0 Å². The molecule has 1 aliphatic heterocycles. The van der Waals surface area contributed by atoms with Crippen molar-refractivity contribution in [1.29, 1.82) is 0 Å². The SMILES string of the molecule is CC(C)(C)OC(=O)C1Cc2cn[nH]c2CN1. The number of carbonyl (C=O) groups is 1. The number of hydrogen-bond donors (Lipinski definition) is 2. The smallest absolute Gasteiger partial charge is 0.324 e. The lowest BCUT2D eigenvalue weighted by atomic mass is 10.0. The zero-order valence-electron chi connectivity index (χ0n) is 9.83. The van der Waals surface area contributed by atoms with Crippen molar-refractivity contribution in [3.63, 3.8) is 0 Å². The maximum absolute atomic E-state index is 11.8. The van der Waals surface area contributed by atoms with Crippen LogP contribution in [0.25, 0.3) is 0 Å². The first-order chi connectivity index (χ1) is 7.46. The van der Waals surface area contributed by atoms with Crippen molar-refractivity contribution in [1.82, 2.24) is 15.5 Å². The Hall–Kier alpha value is -1.36. The molecule has 16 heavy (non-hydrogen) atoms. The summed E-state index contributed by atoms with van der Waals surface area (Å²) in [6.45, 7) is 6.25. The molecule has 1 aromatic rings. The van der Waals surface area contributed by atoms with E-state index in [-0.39, 0.29) is 12.0 Å². The van der Waals surface area contributed by atoms with Crippen molar-refractivity contribution in [3.05, 3.63) is 17.5 Å². The number of H-pyrrole nitrogens is 1. The third-order valence-corrected chi connectivity index (χ3v) is 2.45. The van der Waals surface area contributed by atoms with E-state index in [9.17, 15) is 4.79 Å². The Morgan fingerprint density at radius 2 is 2.31 bits per heavy atom. The van der Waals surface area contributed by atoms with Gasteiger partial charge in [-0.2, -0.15) is 5.10 Å². The van der Waals surface area contributed by atoms with E-state index in [1.807, 2.05) is 20.8 Å². The van der Waals surface area contributed by atoms with Crippen molar-refractivity contribution in [2.24, 2.45) is 0 Å². The van der Waals surface area contributed by atoms with Gasteiger partial charge in [-0.05, 0) is 26.3 Å². The number of nitrogens with zero attached hydrogens (tertiary/aromatic N) is 1. The lowest BCUT2D eigenvalue weighted by Gasteiger charge is -2.26. The van der Waals surface area contributed by atoms with E-state index in [0.717, 1.165) is 11.3 Å². The normalized spacial score (nSPS) is 20.3. The Morgan fingerprint density at radius 3 is 3.00 bits per heavy atom. The fourth-order valence-corrected chi connectivity index (χ4v) is 1.72. The number of fused-ring (bicyclic) bond motifs is 1. The first kappa shape index (κ1) is 11.1. The molecule has 1 aliphatic rings. The summed E-state index contributed by atoms with van der Waals surface area (Å²) in [6, 6.07) is -0.260. The van der Waals surface area contributed by atoms with Crippen LogP contribution in [0.5, 0.6) is 0 Å². The van der Waals surface area contributed by atoms with Gasteiger partial charge in [0.05, 0.1) is 11.9 Å². The van der Waals surface area contributed by atoms with Crippen LogP contribution in [0.1, 0.15) is 32.0 Å². The third-order valence-electron chi connectivity index (χ3n) is 2.45. The van der Waals surface area contributed by atoms with Gasteiger partial charge in [-0.1, -0.05) is 0 Å². The van der Waals surface area contributed by atoms with Gasteiger partial charge in [0.15, 0.2) is 0 Å².